The lowest BCUT2D eigenvalue weighted by Crippen LogP contribution is -2.46. The zero-order valence-electron chi connectivity index (χ0n) is 11.0. The van der Waals surface area contributed by atoms with Crippen LogP contribution in [0.2, 0.25) is 0 Å². The topological polar surface area (TPSA) is 52.6 Å². The second-order valence-corrected chi connectivity index (χ2v) is 4.84. The molecule has 0 unspecified atom stereocenters. The molecule has 0 aromatic heterocycles. The summed E-state index contributed by atoms with van der Waals surface area (Å²) in [5, 5.41) is 0. The van der Waals surface area contributed by atoms with E-state index >= 15 is 0 Å². The van der Waals surface area contributed by atoms with Crippen molar-refractivity contribution < 1.29 is 19.1 Å². The highest BCUT2D eigenvalue weighted by Crippen LogP contribution is 2.25. The van der Waals surface area contributed by atoms with Crippen molar-refractivity contribution >= 4 is 18.0 Å². The molecule has 0 N–H and O–H groups in total. The molecule has 0 amide bonds. The normalized spacial score (nSPS) is 19.3. The maximum atomic E-state index is 11.7. The van der Waals surface area contributed by atoms with E-state index in [0.717, 1.165) is 5.56 Å². The van der Waals surface area contributed by atoms with Crippen molar-refractivity contribution in [3.8, 4) is 0 Å². The van der Waals surface area contributed by atoms with Crippen LogP contribution in [-0.4, -0.2) is 17.7 Å². The van der Waals surface area contributed by atoms with Gasteiger partial charge in [-0.15, -0.1) is 0 Å². The summed E-state index contributed by atoms with van der Waals surface area (Å²) in [5.74, 6) is -3.08. The van der Waals surface area contributed by atoms with Gasteiger partial charge in [0.05, 0.1) is 0 Å². The van der Waals surface area contributed by atoms with E-state index in [1.165, 1.54) is 0 Å². The monoisotopic (exact) mass is 260 g/mol. The molecule has 0 spiro atoms. The third-order valence-electron chi connectivity index (χ3n) is 2.74. The van der Waals surface area contributed by atoms with Crippen LogP contribution >= 0.6 is 0 Å². The lowest BCUT2D eigenvalue weighted by atomic mass is 10.0. The summed E-state index contributed by atoms with van der Waals surface area (Å²) in [4.78, 5) is 23.4. The Bertz CT molecular complexity index is 482. The van der Waals surface area contributed by atoms with E-state index in [0.29, 0.717) is 0 Å². The molecule has 1 aromatic rings. The zero-order chi connectivity index (χ0) is 13.9. The summed E-state index contributed by atoms with van der Waals surface area (Å²) in [6.07, 6.45) is 3.92. The van der Waals surface area contributed by atoms with Crippen molar-refractivity contribution in [1.29, 1.82) is 0 Å². The van der Waals surface area contributed by atoms with Gasteiger partial charge in [0, 0.05) is 13.8 Å². The minimum absolute atomic E-state index is 0.280. The first kappa shape index (κ1) is 13.3. The molecule has 0 radical (unpaired) electrons. The van der Waals surface area contributed by atoms with Crippen LogP contribution < -0.4 is 0 Å². The summed E-state index contributed by atoms with van der Waals surface area (Å²) in [5.41, 5.74) is 1.01. The van der Waals surface area contributed by atoms with Gasteiger partial charge in [-0.1, -0.05) is 42.5 Å². The van der Waals surface area contributed by atoms with E-state index in [1.54, 1.807) is 19.9 Å². The first-order valence-electron chi connectivity index (χ1n) is 6.15. The quantitative estimate of drug-likeness (QED) is 0.619. The summed E-state index contributed by atoms with van der Waals surface area (Å²) < 4.78 is 10.1. The Morgan fingerprint density at radius 1 is 1.11 bits per heavy atom. The maximum absolute atomic E-state index is 11.7. The number of ether oxygens (including phenoxy) is 2. The molecular weight excluding hydrogens is 244 g/mol. The van der Waals surface area contributed by atoms with Crippen LogP contribution in [0.15, 0.2) is 36.4 Å². The summed E-state index contributed by atoms with van der Waals surface area (Å²) >= 11 is 0. The van der Waals surface area contributed by atoms with Crippen LogP contribution in [0.25, 0.3) is 6.08 Å². The second-order valence-electron chi connectivity index (χ2n) is 4.84. The number of carbonyl (C=O) groups is 2. The van der Waals surface area contributed by atoms with Crippen molar-refractivity contribution in [1.82, 2.24) is 0 Å². The minimum atomic E-state index is -1.16. The standard InChI is InChI=1S/C15H16O4/c1-15(2)18-13(16)12(14(17)19-15)10-6-9-11-7-4-3-5-8-11/h3-9,12H,10H2,1-2H3. The van der Waals surface area contributed by atoms with Gasteiger partial charge in [0.1, 0.15) is 0 Å². The average molecular weight is 260 g/mol. The lowest BCUT2D eigenvalue weighted by molar-refractivity contribution is -0.239. The Morgan fingerprint density at radius 3 is 2.26 bits per heavy atom. The molecule has 1 aromatic carbocycles. The number of carbonyl (C=O) groups excluding carboxylic acids is 2. The van der Waals surface area contributed by atoms with Gasteiger partial charge < -0.3 is 9.47 Å². The van der Waals surface area contributed by atoms with Crippen molar-refractivity contribution in [3.05, 3.63) is 42.0 Å². The van der Waals surface area contributed by atoms with E-state index < -0.39 is 23.6 Å². The molecule has 0 aliphatic carbocycles. The summed E-state index contributed by atoms with van der Waals surface area (Å²) in [7, 11) is 0. The number of rotatable bonds is 3. The maximum Gasteiger partial charge on any atom is 0.323 e. The number of hydrogen-bond acceptors (Lipinski definition) is 4. The average Bonchev–Trinajstić information content (AvgIpc) is 2.32. The molecule has 1 aliphatic rings. The van der Waals surface area contributed by atoms with Gasteiger partial charge in [0.2, 0.25) is 0 Å². The third kappa shape index (κ3) is 3.44. The first-order chi connectivity index (χ1) is 8.98. The largest absolute Gasteiger partial charge is 0.422 e. The first-order valence-corrected chi connectivity index (χ1v) is 6.15. The van der Waals surface area contributed by atoms with E-state index in [-0.39, 0.29) is 6.42 Å². The van der Waals surface area contributed by atoms with Crippen LogP contribution in [0, 0.1) is 5.92 Å². The third-order valence-corrected chi connectivity index (χ3v) is 2.74. The fourth-order valence-electron chi connectivity index (χ4n) is 1.84. The van der Waals surface area contributed by atoms with Gasteiger partial charge >= 0.3 is 11.9 Å². The molecule has 100 valence electrons. The Balaban J connectivity index is 1.98. The van der Waals surface area contributed by atoms with Crippen LogP contribution in [0.5, 0.6) is 0 Å². The van der Waals surface area contributed by atoms with Gasteiger partial charge in [-0.3, -0.25) is 9.59 Å². The van der Waals surface area contributed by atoms with Gasteiger partial charge in [-0.25, -0.2) is 0 Å². The molecule has 19 heavy (non-hydrogen) atoms. The Hall–Kier alpha value is -2.10. The van der Waals surface area contributed by atoms with Crippen LogP contribution in [-0.2, 0) is 19.1 Å². The second kappa shape index (κ2) is 5.26. The van der Waals surface area contributed by atoms with Crippen molar-refractivity contribution in [2.75, 3.05) is 0 Å². The number of benzene rings is 1. The van der Waals surface area contributed by atoms with E-state index in [4.69, 9.17) is 9.47 Å². The van der Waals surface area contributed by atoms with Crippen LogP contribution in [0.1, 0.15) is 25.8 Å². The minimum Gasteiger partial charge on any atom is -0.422 e. The van der Waals surface area contributed by atoms with Crippen molar-refractivity contribution in [3.63, 3.8) is 0 Å². The summed E-state index contributed by atoms with van der Waals surface area (Å²) in [6, 6.07) is 9.65. The molecule has 0 bridgehead atoms. The molecule has 4 nitrogen and oxygen atoms in total. The molecule has 1 heterocycles. The molecule has 4 heteroatoms. The Labute approximate surface area is 112 Å². The van der Waals surface area contributed by atoms with E-state index in [2.05, 4.69) is 0 Å². The van der Waals surface area contributed by atoms with Gasteiger partial charge in [0.25, 0.3) is 5.79 Å². The highest BCUT2D eigenvalue weighted by molar-refractivity contribution is 5.96. The zero-order valence-corrected chi connectivity index (χ0v) is 11.0. The number of allylic oxidation sites excluding steroid dienone is 1. The number of hydrogen-bond donors (Lipinski definition) is 0. The summed E-state index contributed by atoms with van der Waals surface area (Å²) in [6.45, 7) is 3.08. The van der Waals surface area contributed by atoms with E-state index in [9.17, 15) is 9.59 Å². The van der Waals surface area contributed by atoms with Crippen LogP contribution in [0.3, 0.4) is 0 Å². The highest BCUT2D eigenvalue weighted by atomic mass is 16.7. The molecular formula is C15H16O4. The van der Waals surface area contributed by atoms with Crippen molar-refractivity contribution in [2.24, 2.45) is 5.92 Å². The smallest absolute Gasteiger partial charge is 0.323 e. The molecule has 2 rings (SSSR count). The van der Waals surface area contributed by atoms with Gasteiger partial charge in [-0.05, 0) is 12.0 Å². The van der Waals surface area contributed by atoms with E-state index in [1.807, 2.05) is 36.4 Å². The number of cyclic esters (lactones) is 2. The van der Waals surface area contributed by atoms with Crippen molar-refractivity contribution in [2.45, 2.75) is 26.1 Å². The molecule has 1 saturated heterocycles. The fraction of sp³-hybridized carbons (Fsp3) is 0.333. The Kier molecular flexibility index (Phi) is 3.69. The molecule has 1 fully saturated rings. The predicted molar refractivity (Wildman–Crippen MR) is 69.8 cm³/mol. The van der Waals surface area contributed by atoms with Gasteiger partial charge in [0.15, 0.2) is 5.92 Å². The molecule has 1 aliphatic heterocycles. The highest BCUT2D eigenvalue weighted by Gasteiger charge is 2.42. The fourth-order valence-corrected chi connectivity index (χ4v) is 1.84. The number of esters is 2. The van der Waals surface area contributed by atoms with Gasteiger partial charge in [-0.2, -0.15) is 0 Å². The molecule has 0 atom stereocenters. The molecule has 0 saturated carbocycles. The van der Waals surface area contributed by atoms with Crippen LogP contribution in [0.4, 0.5) is 0 Å². The Morgan fingerprint density at radius 2 is 1.68 bits per heavy atom. The lowest BCUT2D eigenvalue weighted by Gasteiger charge is -2.32. The SMILES string of the molecule is CC1(C)OC(=O)C(CC=Cc2ccccc2)C(=O)O1. The predicted octanol–water partition coefficient (Wildman–Crippen LogP) is 2.54.